The molecule has 1 aromatic rings. The highest BCUT2D eigenvalue weighted by atomic mass is 32.1. The number of unbranched alkanes of at least 4 members (excludes halogenated alkanes) is 3. The highest BCUT2D eigenvalue weighted by Crippen LogP contribution is 2.19. The maximum Gasteiger partial charge on any atom is 0.124 e. The van der Waals surface area contributed by atoms with Crippen molar-refractivity contribution in [2.45, 2.75) is 52.0 Å². The quantitative estimate of drug-likeness (QED) is 0.553. The van der Waals surface area contributed by atoms with Gasteiger partial charge in [0, 0.05) is 17.3 Å². The lowest BCUT2D eigenvalue weighted by molar-refractivity contribution is 0.593. The molecule has 1 rings (SSSR count). The summed E-state index contributed by atoms with van der Waals surface area (Å²) < 4.78 is 13.2. The van der Waals surface area contributed by atoms with Crippen molar-refractivity contribution in [1.29, 1.82) is 0 Å². The number of hydrogen-bond donors (Lipinski definition) is 2. The number of hydrogen-bond acceptors (Lipinski definition) is 2. The van der Waals surface area contributed by atoms with Gasteiger partial charge < -0.3 is 11.1 Å². The zero-order valence-electron chi connectivity index (χ0n) is 11.7. The Labute approximate surface area is 120 Å². The SMILES string of the molecule is CCCCCCC(C)Nc1ccc(F)cc1C(N)=S. The Morgan fingerprint density at radius 3 is 2.74 bits per heavy atom. The fourth-order valence-corrected chi connectivity index (χ4v) is 2.23. The van der Waals surface area contributed by atoms with Crippen molar-refractivity contribution in [2.75, 3.05) is 5.32 Å². The smallest absolute Gasteiger partial charge is 0.124 e. The summed E-state index contributed by atoms with van der Waals surface area (Å²) in [5.74, 6) is -0.316. The highest BCUT2D eigenvalue weighted by molar-refractivity contribution is 7.80. The summed E-state index contributed by atoms with van der Waals surface area (Å²) >= 11 is 4.96. The van der Waals surface area contributed by atoms with E-state index >= 15 is 0 Å². The second kappa shape index (κ2) is 8.10. The fourth-order valence-electron chi connectivity index (χ4n) is 2.06. The molecule has 1 aromatic carbocycles. The molecule has 3 N–H and O–H groups in total. The minimum Gasteiger partial charge on any atom is -0.389 e. The standard InChI is InChI=1S/C15H23FN2S/c1-3-4-5-6-7-11(2)18-14-9-8-12(16)10-13(14)15(17)19/h8-11,18H,3-7H2,1-2H3,(H2,17,19). The molecule has 19 heavy (non-hydrogen) atoms. The molecule has 0 amide bonds. The van der Waals surface area contributed by atoms with Crippen LogP contribution in [0, 0.1) is 5.82 Å². The molecule has 0 aromatic heterocycles. The minimum atomic E-state index is -0.316. The summed E-state index contributed by atoms with van der Waals surface area (Å²) in [7, 11) is 0. The molecule has 0 aliphatic rings. The first kappa shape index (κ1) is 15.9. The van der Waals surface area contributed by atoms with Gasteiger partial charge in [-0.15, -0.1) is 0 Å². The van der Waals surface area contributed by atoms with Crippen LogP contribution >= 0.6 is 12.2 Å². The van der Waals surface area contributed by atoms with Crippen LogP contribution in [-0.4, -0.2) is 11.0 Å². The van der Waals surface area contributed by atoms with Gasteiger partial charge in [-0.3, -0.25) is 0 Å². The van der Waals surface area contributed by atoms with E-state index in [1.807, 2.05) is 0 Å². The van der Waals surface area contributed by atoms with Crippen LogP contribution in [0.1, 0.15) is 51.5 Å². The number of anilines is 1. The molecule has 0 aliphatic carbocycles. The van der Waals surface area contributed by atoms with E-state index in [4.69, 9.17) is 18.0 Å². The second-order valence-electron chi connectivity index (χ2n) is 4.95. The number of thiocarbonyl (C=S) groups is 1. The van der Waals surface area contributed by atoms with Crippen molar-refractivity contribution in [3.63, 3.8) is 0 Å². The van der Waals surface area contributed by atoms with Crippen LogP contribution in [0.3, 0.4) is 0 Å². The molecule has 0 bridgehead atoms. The van der Waals surface area contributed by atoms with Gasteiger partial charge in [0.15, 0.2) is 0 Å². The lowest BCUT2D eigenvalue weighted by atomic mass is 10.1. The lowest BCUT2D eigenvalue weighted by Crippen LogP contribution is -2.19. The molecule has 0 saturated carbocycles. The lowest BCUT2D eigenvalue weighted by Gasteiger charge is -2.17. The van der Waals surface area contributed by atoms with Crippen LogP contribution in [0.4, 0.5) is 10.1 Å². The molecule has 106 valence electrons. The van der Waals surface area contributed by atoms with Crippen LogP contribution in [0.15, 0.2) is 18.2 Å². The fraction of sp³-hybridized carbons (Fsp3) is 0.533. The monoisotopic (exact) mass is 282 g/mol. The minimum absolute atomic E-state index is 0.222. The molecule has 0 radical (unpaired) electrons. The summed E-state index contributed by atoms with van der Waals surface area (Å²) in [4.78, 5) is 0.222. The van der Waals surface area contributed by atoms with Crippen LogP contribution in [0.2, 0.25) is 0 Å². The van der Waals surface area contributed by atoms with E-state index < -0.39 is 0 Å². The van der Waals surface area contributed by atoms with Crippen molar-refractivity contribution in [1.82, 2.24) is 0 Å². The van der Waals surface area contributed by atoms with Gasteiger partial charge in [0.05, 0.1) is 0 Å². The van der Waals surface area contributed by atoms with Gasteiger partial charge in [-0.25, -0.2) is 4.39 Å². The van der Waals surface area contributed by atoms with E-state index in [0.29, 0.717) is 11.6 Å². The summed E-state index contributed by atoms with van der Waals surface area (Å²) in [6, 6.07) is 4.84. The summed E-state index contributed by atoms with van der Waals surface area (Å²) in [6.45, 7) is 4.33. The topological polar surface area (TPSA) is 38.0 Å². The van der Waals surface area contributed by atoms with Gasteiger partial charge in [0.1, 0.15) is 10.8 Å². The molecule has 2 nitrogen and oxygen atoms in total. The Hall–Kier alpha value is -1.16. The molecule has 0 saturated heterocycles. The number of halogens is 1. The van der Waals surface area contributed by atoms with Gasteiger partial charge in [-0.05, 0) is 31.5 Å². The molecule has 0 aliphatic heterocycles. The number of benzene rings is 1. The van der Waals surface area contributed by atoms with Crippen molar-refractivity contribution in [2.24, 2.45) is 5.73 Å². The number of nitrogens with one attached hydrogen (secondary N) is 1. The van der Waals surface area contributed by atoms with Crippen LogP contribution < -0.4 is 11.1 Å². The van der Waals surface area contributed by atoms with Gasteiger partial charge >= 0.3 is 0 Å². The highest BCUT2D eigenvalue weighted by Gasteiger charge is 2.09. The molecular weight excluding hydrogens is 259 g/mol. The third kappa shape index (κ3) is 5.55. The third-order valence-electron chi connectivity index (χ3n) is 3.14. The van der Waals surface area contributed by atoms with Crippen molar-refractivity contribution in [3.05, 3.63) is 29.6 Å². The van der Waals surface area contributed by atoms with E-state index in [1.54, 1.807) is 6.07 Å². The van der Waals surface area contributed by atoms with Crippen molar-refractivity contribution in [3.8, 4) is 0 Å². The Kier molecular flexibility index (Phi) is 6.78. The Bertz CT molecular complexity index is 421. The zero-order chi connectivity index (χ0) is 14.3. The molecule has 0 fully saturated rings. The van der Waals surface area contributed by atoms with Crippen LogP contribution in [0.5, 0.6) is 0 Å². The van der Waals surface area contributed by atoms with Crippen molar-refractivity contribution < 1.29 is 4.39 Å². The van der Waals surface area contributed by atoms with Gasteiger partial charge in [0.2, 0.25) is 0 Å². The van der Waals surface area contributed by atoms with E-state index in [9.17, 15) is 4.39 Å². The number of rotatable bonds is 8. The second-order valence-corrected chi connectivity index (χ2v) is 5.39. The maximum atomic E-state index is 13.2. The largest absolute Gasteiger partial charge is 0.389 e. The van der Waals surface area contributed by atoms with Gasteiger partial charge in [-0.2, -0.15) is 0 Å². The first-order chi connectivity index (χ1) is 9.04. The molecule has 1 unspecified atom stereocenters. The summed E-state index contributed by atoms with van der Waals surface area (Å²) in [5, 5.41) is 3.36. The predicted octanol–water partition coefficient (Wildman–Crippen LogP) is 4.23. The first-order valence-electron chi connectivity index (χ1n) is 6.90. The third-order valence-corrected chi connectivity index (χ3v) is 3.36. The normalized spacial score (nSPS) is 12.2. The Morgan fingerprint density at radius 2 is 2.11 bits per heavy atom. The predicted molar refractivity (Wildman–Crippen MR) is 84.1 cm³/mol. The Morgan fingerprint density at radius 1 is 1.37 bits per heavy atom. The molecule has 1 atom stereocenters. The van der Waals surface area contributed by atoms with Gasteiger partial charge in [0.25, 0.3) is 0 Å². The first-order valence-corrected chi connectivity index (χ1v) is 7.31. The van der Waals surface area contributed by atoms with Gasteiger partial charge in [-0.1, -0.05) is 44.8 Å². The maximum absolute atomic E-state index is 13.2. The van der Waals surface area contributed by atoms with E-state index in [-0.39, 0.29) is 10.8 Å². The molecule has 4 heteroatoms. The molecular formula is C15H23FN2S. The average Bonchev–Trinajstić information content (AvgIpc) is 2.36. The van der Waals surface area contributed by atoms with E-state index in [2.05, 4.69) is 19.2 Å². The molecule has 0 spiro atoms. The van der Waals surface area contributed by atoms with E-state index in [0.717, 1.165) is 12.1 Å². The average molecular weight is 282 g/mol. The number of nitrogens with two attached hydrogens (primary N) is 1. The zero-order valence-corrected chi connectivity index (χ0v) is 12.5. The van der Waals surface area contributed by atoms with E-state index in [1.165, 1.54) is 37.8 Å². The van der Waals surface area contributed by atoms with Crippen LogP contribution in [0.25, 0.3) is 0 Å². The van der Waals surface area contributed by atoms with Crippen molar-refractivity contribution >= 4 is 22.9 Å². The summed E-state index contributed by atoms with van der Waals surface area (Å²) in [6.07, 6.45) is 6.07. The molecule has 0 heterocycles. The summed E-state index contributed by atoms with van der Waals surface area (Å²) in [5.41, 5.74) is 7.02. The van der Waals surface area contributed by atoms with Crippen LogP contribution in [-0.2, 0) is 0 Å². The Balaban J connectivity index is 2.58.